The van der Waals surface area contributed by atoms with Crippen LogP contribution in [0.5, 0.6) is 0 Å². The molecule has 4 heterocycles. The number of hydrogen-bond acceptors (Lipinski definition) is 7. The van der Waals surface area contributed by atoms with Gasteiger partial charge in [-0.15, -0.1) is 5.10 Å². The molecule has 2 aliphatic heterocycles. The third-order valence-electron chi connectivity index (χ3n) is 4.01. The molecule has 0 N–H and O–H groups in total. The summed E-state index contributed by atoms with van der Waals surface area (Å²) >= 11 is 0. The Labute approximate surface area is 121 Å². The van der Waals surface area contributed by atoms with Gasteiger partial charge in [-0.2, -0.15) is 5.26 Å². The molecule has 2 aromatic rings. The molecule has 0 radical (unpaired) electrons. The molecule has 0 saturated carbocycles. The maximum atomic E-state index is 9.17. The summed E-state index contributed by atoms with van der Waals surface area (Å²) in [6, 6.07) is 2.19. The second-order valence-corrected chi connectivity index (χ2v) is 5.16. The normalized spacial score (nSPS) is 24.0. The third-order valence-corrected chi connectivity index (χ3v) is 4.01. The molecule has 0 aromatic carbocycles. The molecular weight excluding hydrogens is 270 g/mol. The van der Waals surface area contributed by atoms with Crippen LogP contribution in [0.3, 0.4) is 0 Å². The number of rotatable bonds is 1. The Morgan fingerprint density at radius 2 is 2.24 bits per heavy atom. The second-order valence-electron chi connectivity index (χ2n) is 5.16. The molecule has 1 fully saturated rings. The average Bonchev–Trinajstić information content (AvgIpc) is 3.03. The summed E-state index contributed by atoms with van der Waals surface area (Å²) in [5, 5.41) is 17.3. The molecule has 106 valence electrons. The van der Waals surface area contributed by atoms with E-state index in [0.29, 0.717) is 24.7 Å². The van der Waals surface area contributed by atoms with E-state index in [1.54, 1.807) is 12.4 Å². The highest BCUT2D eigenvalue weighted by atomic mass is 16.5. The lowest BCUT2D eigenvalue weighted by atomic mass is 10.0. The van der Waals surface area contributed by atoms with Crippen LogP contribution in [0.15, 0.2) is 18.6 Å². The zero-order valence-corrected chi connectivity index (χ0v) is 11.3. The molecule has 8 heteroatoms. The topological polar surface area (TPSA) is 92.8 Å². The zero-order valence-electron chi connectivity index (χ0n) is 11.3. The highest BCUT2D eigenvalue weighted by Crippen LogP contribution is 2.32. The maximum Gasteiger partial charge on any atom is 0.183 e. The van der Waals surface area contributed by atoms with Crippen LogP contribution in [0.1, 0.15) is 23.9 Å². The summed E-state index contributed by atoms with van der Waals surface area (Å²) in [4.78, 5) is 10.5. The van der Waals surface area contributed by atoms with Crippen LogP contribution in [-0.2, 0) is 11.3 Å². The van der Waals surface area contributed by atoms with Gasteiger partial charge in [-0.1, -0.05) is 5.21 Å². The third kappa shape index (κ3) is 1.94. The van der Waals surface area contributed by atoms with Crippen LogP contribution in [0, 0.1) is 11.3 Å². The van der Waals surface area contributed by atoms with Gasteiger partial charge in [0.05, 0.1) is 30.6 Å². The van der Waals surface area contributed by atoms with Crippen LogP contribution in [0.2, 0.25) is 0 Å². The monoisotopic (exact) mass is 283 g/mol. The minimum Gasteiger partial charge on any atom is -0.370 e. The van der Waals surface area contributed by atoms with E-state index in [2.05, 4.69) is 31.2 Å². The molecule has 0 spiro atoms. The summed E-state index contributed by atoms with van der Waals surface area (Å²) in [6.45, 7) is 2.04. The molecular formula is C13H13N7O. The highest BCUT2D eigenvalue weighted by Gasteiger charge is 2.37. The second kappa shape index (κ2) is 4.79. The number of hydrogen-bond donors (Lipinski definition) is 0. The summed E-state index contributed by atoms with van der Waals surface area (Å²) in [5.41, 5.74) is 1.34. The van der Waals surface area contributed by atoms with Gasteiger partial charge in [0.15, 0.2) is 11.5 Å². The largest absolute Gasteiger partial charge is 0.370 e. The number of ether oxygens (including phenoxy) is 1. The predicted molar refractivity (Wildman–Crippen MR) is 71.2 cm³/mol. The van der Waals surface area contributed by atoms with E-state index in [1.807, 2.05) is 4.68 Å². The molecule has 2 aromatic heterocycles. The molecule has 2 aliphatic rings. The number of aromatic nitrogens is 5. The number of nitrogens with zero attached hydrogens (tertiary/aromatic N) is 7. The van der Waals surface area contributed by atoms with Gasteiger partial charge in [0.2, 0.25) is 0 Å². The van der Waals surface area contributed by atoms with Gasteiger partial charge < -0.3 is 9.64 Å². The van der Waals surface area contributed by atoms with Crippen molar-refractivity contribution in [3.8, 4) is 6.07 Å². The number of fused-ring (bicyclic) bond motifs is 3. The molecule has 0 amide bonds. The summed E-state index contributed by atoms with van der Waals surface area (Å²) in [5.74, 6) is 0.630. The first kappa shape index (κ1) is 12.2. The van der Waals surface area contributed by atoms with Crippen molar-refractivity contribution >= 4 is 5.82 Å². The Hall–Kier alpha value is -2.53. The lowest BCUT2D eigenvalue weighted by Gasteiger charge is -2.41. The molecule has 0 aliphatic carbocycles. The minimum atomic E-state index is 0.0959. The molecule has 2 atom stereocenters. The van der Waals surface area contributed by atoms with E-state index in [4.69, 9.17) is 4.74 Å². The maximum absolute atomic E-state index is 9.17. The summed E-state index contributed by atoms with van der Waals surface area (Å²) in [6.07, 6.45) is 5.88. The van der Waals surface area contributed by atoms with Gasteiger partial charge in [-0.3, -0.25) is 0 Å². The van der Waals surface area contributed by atoms with Gasteiger partial charge >= 0.3 is 0 Å². The minimum absolute atomic E-state index is 0.0959. The van der Waals surface area contributed by atoms with Crippen molar-refractivity contribution in [3.63, 3.8) is 0 Å². The lowest BCUT2D eigenvalue weighted by Crippen LogP contribution is -2.48. The number of nitriles is 1. The first-order valence-corrected chi connectivity index (χ1v) is 6.83. The first-order chi connectivity index (χ1) is 10.4. The Kier molecular flexibility index (Phi) is 2.79. The predicted octanol–water partition coefficient (Wildman–Crippen LogP) is 0.290. The number of anilines is 1. The van der Waals surface area contributed by atoms with Crippen molar-refractivity contribution in [1.29, 1.82) is 5.26 Å². The molecule has 0 bridgehead atoms. The van der Waals surface area contributed by atoms with E-state index < -0.39 is 0 Å². The quantitative estimate of drug-likeness (QED) is 0.742. The lowest BCUT2D eigenvalue weighted by molar-refractivity contribution is -0.0373. The van der Waals surface area contributed by atoms with E-state index in [1.165, 1.54) is 6.20 Å². The van der Waals surface area contributed by atoms with Crippen molar-refractivity contribution in [2.45, 2.75) is 25.2 Å². The zero-order chi connectivity index (χ0) is 14.2. The Morgan fingerprint density at radius 3 is 3.14 bits per heavy atom. The van der Waals surface area contributed by atoms with Gasteiger partial charge in [0.25, 0.3) is 0 Å². The Bertz CT molecular complexity index is 707. The van der Waals surface area contributed by atoms with E-state index in [0.717, 1.165) is 18.7 Å². The Balaban J connectivity index is 1.66. The molecule has 1 saturated heterocycles. The standard InChI is InChI=1S/C13H13N7O/c14-5-10-13(16-3-2-15-10)19-4-1-12-11(7-19)20-9(8-21-12)6-17-18-20/h2-3,6,11-12H,1,4,7-8H2/t11-,12-/m1/s1. The van der Waals surface area contributed by atoms with Crippen LogP contribution in [0.25, 0.3) is 0 Å². The van der Waals surface area contributed by atoms with Gasteiger partial charge in [-0.25, -0.2) is 14.6 Å². The van der Waals surface area contributed by atoms with Crippen LogP contribution < -0.4 is 4.90 Å². The van der Waals surface area contributed by atoms with Crippen molar-refractivity contribution in [2.75, 3.05) is 18.0 Å². The van der Waals surface area contributed by atoms with Crippen LogP contribution in [-0.4, -0.2) is 44.2 Å². The van der Waals surface area contributed by atoms with E-state index in [9.17, 15) is 5.26 Å². The van der Waals surface area contributed by atoms with Crippen molar-refractivity contribution in [3.05, 3.63) is 30.0 Å². The van der Waals surface area contributed by atoms with Crippen molar-refractivity contribution in [1.82, 2.24) is 25.0 Å². The van der Waals surface area contributed by atoms with Gasteiger partial charge in [0.1, 0.15) is 6.07 Å². The fraction of sp³-hybridized carbons (Fsp3) is 0.462. The highest BCUT2D eigenvalue weighted by molar-refractivity contribution is 5.50. The van der Waals surface area contributed by atoms with Crippen molar-refractivity contribution < 1.29 is 4.74 Å². The smallest absolute Gasteiger partial charge is 0.183 e. The van der Waals surface area contributed by atoms with Gasteiger partial charge in [0, 0.05) is 25.5 Å². The first-order valence-electron chi connectivity index (χ1n) is 6.83. The van der Waals surface area contributed by atoms with Crippen molar-refractivity contribution in [2.24, 2.45) is 0 Å². The molecule has 8 nitrogen and oxygen atoms in total. The van der Waals surface area contributed by atoms with E-state index >= 15 is 0 Å². The molecule has 4 rings (SSSR count). The Morgan fingerprint density at radius 1 is 1.33 bits per heavy atom. The number of piperidine rings is 1. The average molecular weight is 283 g/mol. The molecule has 21 heavy (non-hydrogen) atoms. The van der Waals surface area contributed by atoms with Gasteiger partial charge in [-0.05, 0) is 6.42 Å². The SMILES string of the molecule is N#Cc1nccnc1N1CC[C@H]2OCc3cnnn3[C@@H]2C1. The molecule has 0 unspecified atom stereocenters. The summed E-state index contributed by atoms with van der Waals surface area (Å²) in [7, 11) is 0. The fourth-order valence-electron chi connectivity index (χ4n) is 3.01. The fourth-order valence-corrected chi connectivity index (χ4v) is 3.01. The van der Waals surface area contributed by atoms with Crippen LogP contribution in [0.4, 0.5) is 5.82 Å². The summed E-state index contributed by atoms with van der Waals surface area (Å²) < 4.78 is 7.81. The van der Waals surface area contributed by atoms with E-state index in [-0.39, 0.29) is 12.1 Å². The van der Waals surface area contributed by atoms with Crippen LogP contribution >= 0.6 is 0 Å².